The maximum atomic E-state index is 13.2. The summed E-state index contributed by atoms with van der Waals surface area (Å²) in [5, 5.41) is 20.6. The zero-order valence-electron chi connectivity index (χ0n) is 24.3. The average molecular weight is 535 g/mol. The Bertz CT molecular complexity index is 1510. The van der Waals surface area contributed by atoms with Crippen LogP contribution in [0.4, 0.5) is 22.9 Å². The van der Waals surface area contributed by atoms with Gasteiger partial charge in [-0.25, -0.2) is 0 Å². The van der Waals surface area contributed by atoms with E-state index in [4.69, 9.17) is 8.85 Å². The molecule has 1 aliphatic rings. The third kappa shape index (κ3) is 6.47. The van der Waals surface area contributed by atoms with Crippen LogP contribution in [-0.2, 0) is 4.79 Å². The molecule has 2 aromatic carbocycles. The normalized spacial score (nSPS) is 13.6. The van der Waals surface area contributed by atoms with Gasteiger partial charge in [-0.1, -0.05) is 6.07 Å². The van der Waals surface area contributed by atoms with Crippen LogP contribution in [0.3, 0.4) is 0 Å². The van der Waals surface area contributed by atoms with E-state index in [-0.39, 0.29) is 51.9 Å². The Balaban J connectivity index is 1.61. The molecule has 1 aromatic heterocycles. The van der Waals surface area contributed by atoms with Gasteiger partial charge in [-0.05, 0) is 56.2 Å². The lowest BCUT2D eigenvalue weighted by atomic mass is 10.1. The number of methoxy groups -OCH3 is 1. The van der Waals surface area contributed by atoms with E-state index in [0.717, 1.165) is 12.8 Å². The minimum Gasteiger partial charge on any atom is -0.494 e. The lowest BCUT2D eigenvalue weighted by Gasteiger charge is -2.17. The first-order chi connectivity index (χ1) is 20.0. The second kappa shape index (κ2) is 12.0. The molecular formula is C27H29N7O5. The second-order valence-electron chi connectivity index (χ2n) is 8.61. The number of nitrogens with one attached hydrogen (secondary N) is 5. The molecule has 1 heterocycles. The molecule has 0 aliphatic heterocycles. The second-order valence-corrected chi connectivity index (χ2v) is 8.61. The van der Waals surface area contributed by atoms with Crippen LogP contribution < -0.4 is 31.3 Å². The smallest absolute Gasteiger partial charge is 0.273 e. The number of carbonyl (C=O) groups excluding carboxylic acids is 4. The fourth-order valence-electron chi connectivity index (χ4n) is 3.69. The van der Waals surface area contributed by atoms with E-state index in [1.165, 1.54) is 19.2 Å². The molecule has 3 aromatic rings. The van der Waals surface area contributed by atoms with Gasteiger partial charge in [0.1, 0.15) is 0 Å². The summed E-state index contributed by atoms with van der Waals surface area (Å²) < 4.78 is 27.6. The van der Waals surface area contributed by atoms with Crippen molar-refractivity contribution in [3.05, 3.63) is 65.4 Å². The molecule has 39 heavy (non-hydrogen) atoms. The molecule has 0 unspecified atom stereocenters. The highest BCUT2D eigenvalue weighted by Gasteiger charge is 2.30. The van der Waals surface area contributed by atoms with Gasteiger partial charge in [0.2, 0.25) is 5.91 Å². The number of hydrogen-bond donors (Lipinski definition) is 5. The third-order valence-electron chi connectivity index (χ3n) is 5.80. The Kier molecular flexibility index (Phi) is 7.14. The van der Waals surface area contributed by atoms with Crippen molar-refractivity contribution in [1.82, 2.24) is 20.8 Å². The Hall–Kier alpha value is -5.00. The number of rotatable bonds is 10. The molecule has 1 aliphatic carbocycles. The SMILES string of the molecule is [2H]C([2H])([2H])NC(=O)c1nnc(NC(=O)C2CC2)cc1Nc1cccc(C(=O)Nc2ccc(C(=O)NCC)cc2)c1OC. The zero-order valence-corrected chi connectivity index (χ0v) is 21.3. The predicted octanol–water partition coefficient (Wildman–Crippen LogP) is 2.94. The number of nitrogens with zero attached hydrogens (tertiary/aromatic N) is 2. The fraction of sp³-hybridized carbons (Fsp3) is 0.259. The zero-order chi connectivity index (χ0) is 30.4. The summed E-state index contributed by atoms with van der Waals surface area (Å²) in [7, 11) is 1.35. The lowest BCUT2D eigenvalue weighted by molar-refractivity contribution is -0.117. The molecule has 0 bridgehead atoms. The predicted molar refractivity (Wildman–Crippen MR) is 145 cm³/mol. The van der Waals surface area contributed by atoms with Gasteiger partial charge in [-0.2, -0.15) is 0 Å². The van der Waals surface area contributed by atoms with Crippen LogP contribution in [0, 0.1) is 5.92 Å². The molecule has 0 saturated heterocycles. The highest BCUT2D eigenvalue weighted by atomic mass is 16.5. The van der Waals surface area contributed by atoms with Crippen molar-refractivity contribution in [1.29, 1.82) is 0 Å². The van der Waals surface area contributed by atoms with Gasteiger partial charge in [0.05, 0.1) is 24.0 Å². The van der Waals surface area contributed by atoms with E-state index >= 15 is 0 Å². The van der Waals surface area contributed by atoms with Crippen LogP contribution in [-0.4, -0.2) is 54.5 Å². The first kappa shape index (κ1) is 23.1. The van der Waals surface area contributed by atoms with Crippen LogP contribution in [0.2, 0.25) is 0 Å². The molecule has 0 atom stereocenters. The van der Waals surface area contributed by atoms with Crippen molar-refractivity contribution in [3.8, 4) is 5.75 Å². The first-order valence-corrected chi connectivity index (χ1v) is 12.1. The number of hydrogen-bond acceptors (Lipinski definition) is 8. The molecular weight excluding hydrogens is 502 g/mol. The summed E-state index contributed by atoms with van der Waals surface area (Å²) in [6.45, 7) is -0.492. The van der Waals surface area contributed by atoms with Crippen LogP contribution >= 0.6 is 0 Å². The van der Waals surface area contributed by atoms with Crippen LogP contribution in [0.5, 0.6) is 5.75 Å². The molecule has 1 saturated carbocycles. The number of anilines is 4. The molecule has 12 nitrogen and oxygen atoms in total. The summed E-state index contributed by atoms with van der Waals surface area (Å²) in [5.41, 5.74) is 0.900. The summed E-state index contributed by atoms with van der Waals surface area (Å²) in [6.07, 6.45) is 1.52. The maximum absolute atomic E-state index is 13.2. The molecule has 4 rings (SSSR count). The number of amides is 4. The number of benzene rings is 2. The van der Waals surface area contributed by atoms with E-state index in [2.05, 4.69) is 31.5 Å². The molecule has 4 amide bonds. The van der Waals surface area contributed by atoms with Gasteiger partial charge >= 0.3 is 0 Å². The van der Waals surface area contributed by atoms with Gasteiger partial charge in [0, 0.05) is 40.9 Å². The van der Waals surface area contributed by atoms with Crippen molar-refractivity contribution >= 4 is 46.5 Å². The Morgan fingerprint density at radius 1 is 0.974 bits per heavy atom. The monoisotopic (exact) mass is 534 g/mol. The fourth-order valence-corrected chi connectivity index (χ4v) is 3.69. The highest BCUT2D eigenvalue weighted by molar-refractivity contribution is 6.08. The van der Waals surface area contributed by atoms with E-state index in [1.807, 2.05) is 12.2 Å². The van der Waals surface area contributed by atoms with Crippen LogP contribution in [0.1, 0.15) is 55.1 Å². The largest absolute Gasteiger partial charge is 0.494 e. The molecule has 5 N–H and O–H groups in total. The van der Waals surface area contributed by atoms with Crippen LogP contribution in [0.15, 0.2) is 48.5 Å². The van der Waals surface area contributed by atoms with Gasteiger partial charge < -0.3 is 31.3 Å². The quantitative estimate of drug-likeness (QED) is 0.265. The maximum Gasteiger partial charge on any atom is 0.273 e. The van der Waals surface area contributed by atoms with Crippen molar-refractivity contribution in [2.24, 2.45) is 5.92 Å². The third-order valence-corrected chi connectivity index (χ3v) is 5.80. The summed E-state index contributed by atoms with van der Waals surface area (Å²) in [5.74, 6) is -2.00. The Morgan fingerprint density at radius 3 is 2.41 bits per heavy atom. The molecule has 202 valence electrons. The highest BCUT2D eigenvalue weighted by Crippen LogP contribution is 2.34. The van der Waals surface area contributed by atoms with Crippen molar-refractivity contribution in [3.63, 3.8) is 0 Å². The number of aromatic nitrogens is 2. The van der Waals surface area contributed by atoms with E-state index < -0.39 is 18.8 Å². The Morgan fingerprint density at radius 2 is 1.74 bits per heavy atom. The Labute approximate surface area is 229 Å². The molecule has 1 fully saturated rings. The van der Waals surface area contributed by atoms with Gasteiger partial charge in [-0.15, -0.1) is 10.2 Å². The number of para-hydroxylation sites is 1. The van der Waals surface area contributed by atoms with Crippen molar-refractivity contribution in [2.75, 3.05) is 36.6 Å². The van der Waals surface area contributed by atoms with Gasteiger partial charge in [-0.3, -0.25) is 19.2 Å². The molecule has 12 heteroatoms. The standard InChI is InChI=1S/C27H29N7O5/c1-4-29-24(35)15-10-12-17(13-11-15)30-26(37)18-6-5-7-19(23(18)39-3)31-20-14-21(32-25(36)16-8-9-16)33-34-22(20)27(38)28-2/h5-7,10-14,16H,4,8-9H2,1-3H3,(H,28,38)(H,29,35)(H,30,37)(H2,31,32,33,36)/i2D3. The van der Waals surface area contributed by atoms with Gasteiger partial charge in [0.25, 0.3) is 17.7 Å². The van der Waals surface area contributed by atoms with E-state index in [9.17, 15) is 19.2 Å². The number of ether oxygens (including phenoxy) is 1. The van der Waals surface area contributed by atoms with Crippen molar-refractivity contribution in [2.45, 2.75) is 19.8 Å². The average Bonchev–Trinajstić information content (AvgIpc) is 3.78. The van der Waals surface area contributed by atoms with Crippen LogP contribution in [0.25, 0.3) is 0 Å². The first-order valence-electron chi connectivity index (χ1n) is 13.6. The van der Waals surface area contributed by atoms with E-state index in [1.54, 1.807) is 36.4 Å². The van der Waals surface area contributed by atoms with Gasteiger partial charge in [0.15, 0.2) is 17.3 Å². The summed E-state index contributed by atoms with van der Waals surface area (Å²) in [4.78, 5) is 50.2. The number of carbonyl (C=O) groups is 4. The molecule has 0 radical (unpaired) electrons. The minimum absolute atomic E-state index is 0.00893. The summed E-state index contributed by atoms with van der Waals surface area (Å²) >= 11 is 0. The lowest BCUT2D eigenvalue weighted by Crippen LogP contribution is -2.22. The van der Waals surface area contributed by atoms with E-state index in [0.29, 0.717) is 17.8 Å². The summed E-state index contributed by atoms with van der Waals surface area (Å²) in [6, 6.07) is 12.4. The van der Waals surface area contributed by atoms with Crippen molar-refractivity contribution < 1.29 is 28.0 Å². The minimum atomic E-state index is -2.79. The topological polar surface area (TPSA) is 163 Å². The molecule has 0 spiro atoms.